The summed E-state index contributed by atoms with van der Waals surface area (Å²) in [6, 6.07) is 15.4. The summed E-state index contributed by atoms with van der Waals surface area (Å²) in [6.07, 6.45) is 2.83. The van der Waals surface area contributed by atoms with Gasteiger partial charge in [-0.05, 0) is 56.1 Å². The third-order valence-electron chi connectivity index (χ3n) is 6.64. The highest BCUT2D eigenvalue weighted by Gasteiger charge is 2.34. The molecule has 4 rings (SSSR count). The molecule has 2 aromatic rings. The van der Waals surface area contributed by atoms with E-state index in [1.165, 1.54) is 0 Å². The molecule has 180 valence electrons. The Morgan fingerprint density at radius 2 is 1.79 bits per heavy atom. The molecule has 2 saturated heterocycles. The van der Waals surface area contributed by atoms with Crippen molar-refractivity contribution < 1.29 is 19.1 Å². The molecule has 0 spiro atoms. The lowest BCUT2D eigenvalue weighted by atomic mass is 10.0. The molecule has 34 heavy (non-hydrogen) atoms. The topological polar surface area (TPSA) is 118 Å². The number of nitrogens with zero attached hydrogens (tertiary/aromatic N) is 1. The van der Waals surface area contributed by atoms with E-state index in [4.69, 9.17) is 20.6 Å². The van der Waals surface area contributed by atoms with E-state index in [-0.39, 0.29) is 42.1 Å². The summed E-state index contributed by atoms with van der Waals surface area (Å²) in [5, 5.41) is 10.4. The van der Waals surface area contributed by atoms with Crippen LogP contribution in [0, 0.1) is 11.3 Å². The van der Waals surface area contributed by atoms with Crippen LogP contribution in [0.3, 0.4) is 0 Å². The molecule has 3 atom stereocenters. The summed E-state index contributed by atoms with van der Waals surface area (Å²) in [5.41, 5.74) is 8.24. The van der Waals surface area contributed by atoms with E-state index in [1.807, 2.05) is 55.6 Å². The SMILES string of the molecule is CN1CCCC1COC(=O)C[C@@H]1C[C@@H](COc2ccc(-c3ccc(C(=N)N)cc3)cc2)NC1=O. The number of nitrogen functional groups attached to an aromatic ring is 1. The number of nitrogens with two attached hydrogens (primary N) is 1. The largest absolute Gasteiger partial charge is 0.491 e. The molecule has 0 bridgehead atoms. The summed E-state index contributed by atoms with van der Waals surface area (Å²) < 4.78 is 11.3. The number of likely N-dealkylation sites (tertiary alicyclic amines) is 1. The van der Waals surface area contributed by atoms with Gasteiger partial charge < -0.3 is 25.4 Å². The minimum absolute atomic E-state index is 0.0466. The molecule has 8 nitrogen and oxygen atoms in total. The zero-order chi connectivity index (χ0) is 24.1. The van der Waals surface area contributed by atoms with Crippen molar-refractivity contribution in [1.29, 1.82) is 5.41 Å². The highest BCUT2D eigenvalue weighted by Crippen LogP contribution is 2.25. The maximum Gasteiger partial charge on any atom is 0.306 e. The van der Waals surface area contributed by atoms with Crippen molar-refractivity contribution in [1.82, 2.24) is 10.2 Å². The second kappa shape index (κ2) is 10.7. The van der Waals surface area contributed by atoms with Gasteiger partial charge in [-0.2, -0.15) is 0 Å². The Labute approximate surface area is 199 Å². The molecule has 2 fully saturated rings. The Morgan fingerprint density at radius 3 is 2.41 bits per heavy atom. The average molecular weight is 465 g/mol. The molecule has 1 amide bonds. The number of hydrogen-bond acceptors (Lipinski definition) is 6. The normalized spacial score (nSPS) is 22.4. The van der Waals surface area contributed by atoms with E-state index < -0.39 is 0 Å². The predicted molar refractivity (Wildman–Crippen MR) is 130 cm³/mol. The van der Waals surface area contributed by atoms with E-state index >= 15 is 0 Å². The Morgan fingerprint density at radius 1 is 1.12 bits per heavy atom. The Bertz CT molecular complexity index is 1020. The number of benzene rings is 2. The van der Waals surface area contributed by atoms with Crippen LogP contribution in [0.5, 0.6) is 5.75 Å². The van der Waals surface area contributed by atoms with Gasteiger partial charge in [0.1, 0.15) is 24.8 Å². The first-order valence-corrected chi connectivity index (χ1v) is 11.7. The number of rotatable bonds is 9. The Balaban J connectivity index is 1.22. The molecule has 0 aliphatic carbocycles. The van der Waals surface area contributed by atoms with Crippen LogP contribution in [0.25, 0.3) is 11.1 Å². The maximum absolute atomic E-state index is 12.3. The number of hydrogen-bond donors (Lipinski definition) is 3. The number of nitrogens with one attached hydrogen (secondary N) is 2. The van der Waals surface area contributed by atoms with Crippen molar-refractivity contribution in [3.8, 4) is 16.9 Å². The van der Waals surface area contributed by atoms with Gasteiger partial charge in [-0.3, -0.25) is 15.0 Å². The van der Waals surface area contributed by atoms with Gasteiger partial charge in [0.05, 0.1) is 18.4 Å². The zero-order valence-corrected chi connectivity index (χ0v) is 19.5. The smallest absolute Gasteiger partial charge is 0.306 e. The van der Waals surface area contributed by atoms with E-state index in [9.17, 15) is 9.59 Å². The fraction of sp³-hybridized carbons (Fsp3) is 0.423. The average Bonchev–Trinajstić information content (AvgIpc) is 3.41. The predicted octanol–water partition coefficient (Wildman–Crippen LogP) is 2.55. The lowest BCUT2D eigenvalue weighted by Gasteiger charge is -2.19. The van der Waals surface area contributed by atoms with Crippen molar-refractivity contribution in [2.45, 2.75) is 37.8 Å². The quantitative estimate of drug-likeness (QED) is 0.298. The number of likely N-dealkylation sites (N-methyl/N-ethyl adjacent to an activating group) is 1. The van der Waals surface area contributed by atoms with Gasteiger partial charge in [-0.15, -0.1) is 0 Å². The van der Waals surface area contributed by atoms with Crippen molar-refractivity contribution >= 4 is 17.7 Å². The molecule has 0 aromatic heterocycles. The van der Waals surface area contributed by atoms with Crippen molar-refractivity contribution in [3.63, 3.8) is 0 Å². The molecule has 4 N–H and O–H groups in total. The van der Waals surface area contributed by atoms with Gasteiger partial charge in [0.25, 0.3) is 0 Å². The molecule has 2 aliphatic heterocycles. The molecule has 2 heterocycles. The monoisotopic (exact) mass is 464 g/mol. The maximum atomic E-state index is 12.3. The van der Waals surface area contributed by atoms with Gasteiger partial charge in [0.2, 0.25) is 5.91 Å². The fourth-order valence-corrected chi connectivity index (χ4v) is 4.54. The van der Waals surface area contributed by atoms with Gasteiger partial charge in [0, 0.05) is 11.6 Å². The Hall–Kier alpha value is -3.39. The minimum Gasteiger partial charge on any atom is -0.491 e. The lowest BCUT2D eigenvalue weighted by molar-refractivity contribution is -0.147. The van der Waals surface area contributed by atoms with E-state index in [0.29, 0.717) is 30.9 Å². The van der Waals surface area contributed by atoms with E-state index in [1.54, 1.807) is 0 Å². The molecule has 2 aliphatic rings. The summed E-state index contributed by atoms with van der Waals surface area (Å²) in [7, 11) is 2.04. The molecular weight excluding hydrogens is 432 g/mol. The van der Waals surface area contributed by atoms with E-state index in [2.05, 4.69) is 10.2 Å². The van der Waals surface area contributed by atoms with Crippen molar-refractivity contribution in [2.24, 2.45) is 11.7 Å². The molecular formula is C26H32N4O4. The number of esters is 1. The third-order valence-corrected chi connectivity index (χ3v) is 6.64. The number of amides is 1. The van der Waals surface area contributed by atoms with Crippen LogP contribution in [-0.4, -0.2) is 61.5 Å². The van der Waals surface area contributed by atoms with Gasteiger partial charge in [-0.1, -0.05) is 36.4 Å². The molecule has 8 heteroatoms. The number of amidine groups is 1. The van der Waals surface area contributed by atoms with Crippen molar-refractivity contribution in [3.05, 3.63) is 54.1 Å². The highest BCUT2D eigenvalue weighted by molar-refractivity contribution is 5.95. The van der Waals surface area contributed by atoms with E-state index in [0.717, 1.165) is 30.5 Å². The second-order valence-electron chi connectivity index (χ2n) is 9.13. The Kier molecular flexibility index (Phi) is 7.47. The fourth-order valence-electron chi connectivity index (χ4n) is 4.54. The number of carbonyl (C=O) groups excluding carboxylic acids is 2. The summed E-state index contributed by atoms with van der Waals surface area (Å²) in [6.45, 7) is 1.77. The van der Waals surface area contributed by atoms with Crippen LogP contribution in [-0.2, 0) is 14.3 Å². The summed E-state index contributed by atoms with van der Waals surface area (Å²) in [5.74, 6) is -0.0446. The first kappa shape index (κ1) is 23.8. The summed E-state index contributed by atoms with van der Waals surface area (Å²) >= 11 is 0. The lowest BCUT2D eigenvalue weighted by Crippen LogP contribution is -2.32. The number of carbonyl (C=O) groups is 2. The van der Waals surface area contributed by atoms with Crippen LogP contribution in [0.2, 0.25) is 0 Å². The van der Waals surface area contributed by atoms with Gasteiger partial charge in [-0.25, -0.2) is 0 Å². The number of ether oxygens (including phenoxy) is 2. The molecule has 0 radical (unpaired) electrons. The first-order chi connectivity index (χ1) is 16.4. The third kappa shape index (κ3) is 5.94. The van der Waals surface area contributed by atoms with Crippen LogP contribution < -0.4 is 15.8 Å². The molecule has 1 unspecified atom stereocenters. The van der Waals surface area contributed by atoms with Gasteiger partial charge in [0.15, 0.2) is 0 Å². The van der Waals surface area contributed by atoms with Crippen LogP contribution in [0.4, 0.5) is 0 Å². The molecule has 2 aromatic carbocycles. The first-order valence-electron chi connectivity index (χ1n) is 11.7. The zero-order valence-electron chi connectivity index (χ0n) is 19.5. The van der Waals surface area contributed by atoms with Crippen molar-refractivity contribution in [2.75, 3.05) is 26.8 Å². The van der Waals surface area contributed by atoms with Crippen LogP contribution in [0.15, 0.2) is 48.5 Å². The van der Waals surface area contributed by atoms with Gasteiger partial charge >= 0.3 is 5.97 Å². The highest BCUT2D eigenvalue weighted by atomic mass is 16.5. The van der Waals surface area contributed by atoms with Crippen LogP contribution in [0.1, 0.15) is 31.2 Å². The van der Waals surface area contributed by atoms with Crippen LogP contribution >= 0.6 is 0 Å². The second-order valence-corrected chi connectivity index (χ2v) is 9.13. The summed E-state index contributed by atoms with van der Waals surface area (Å²) in [4.78, 5) is 26.7. The molecule has 0 saturated carbocycles. The standard InChI is InChI=1S/C26H32N4O4/c1-30-12-2-3-22(30)16-34-24(31)14-20-13-21(29-26(20)32)15-33-23-10-8-18(9-11-23)17-4-6-19(7-5-17)25(27)28/h4-11,20-22H,2-3,12-16H2,1H3,(H3,27,28)(H,29,32)/t20-,21-,22?/m0/s1. The minimum atomic E-state index is -0.372.